The molecule has 2 aromatic rings. The van der Waals surface area contributed by atoms with Gasteiger partial charge in [0.05, 0.1) is 0 Å². The van der Waals surface area contributed by atoms with Crippen LogP contribution in [0.25, 0.3) is 0 Å². The van der Waals surface area contributed by atoms with E-state index in [1.165, 1.54) is 0 Å². The molecule has 1 aromatic heterocycles. The van der Waals surface area contributed by atoms with Gasteiger partial charge in [0.15, 0.2) is 5.82 Å². The third kappa shape index (κ3) is 4.13. The molecule has 0 saturated heterocycles. The van der Waals surface area contributed by atoms with Crippen LogP contribution >= 0.6 is 11.8 Å². The summed E-state index contributed by atoms with van der Waals surface area (Å²) >= 11 is 1.55. The first-order valence-corrected chi connectivity index (χ1v) is 7.55. The lowest BCUT2D eigenvalue weighted by Gasteiger charge is -2.11. The fourth-order valence-corrected chi connectivity index (χ4v) is 2.50. The molecule has 0 bridgehead atoms. The van der Waals surface area contributed by atoms with Gasteiger partial charge in [-0.25, -0.2) is 9.97 Å². The van der Waals surface area contributed by atoms with Crippen molar-refractivity contribution in [2.24, 2.45) is 5.92 Å². The van der Waals surface area contributed by atoms with E-state index in [1.807, 2.05) is 30.3 Å². The molecule has 3 N–H and O–H groups in total. The predicted molar refractivity (Wildman–Crippen MR) is 85.0 cm³/mol. The number of hydrogen-bond donors (Lipinski definition) is 2. The number of nitrogens with zero attached hydrogens (tertiary/aromatic N) is 2. The summed E-state index contributed by atoms with van der Waals surface area (Å²) in [6, 6.07) is 10.1. The first-order valence-electron chi connectivity index (χ1n) is 6.74. The van der Waals surface area contributed by atoms with Crippen molar-refractivity contribution in [3.63, 3.8) is 0 Å². The largest absolute Gasteiger partial charge is 0.394 e. The lowest BCUT2D eigenvalue weighted by atomic mass is 10.1. The molecule has 1 heterocycles. The van der Waals surface area contributed by atoms with Gasteiger partial charge in [0.1, 0.15) is 17.0 Å². The topological polar surface area (TPSA) is 63.8 Å². The van der Waals surface area contributed by atoms with Crippen LogP contribution < -0.4 is 11.1 Å². The monoisotopic (exact) mass is 288 g/mol. The fourth-order valence-electron chi connectivity index (χ4n) is 1.68. The van der Waals surface area contributed by atoms with Gasteiger partial charge in [0.25, 0.3) is 0 Å². The Labute approximate surface area is 124 Å². The van der Waals surface area contributed by atoms with Gasteiger partial charge >= 0.3 is 0 Å². The van der Waals surface area contributed by atoms with Crippen LogP contribution in [0.5, 0.6) is 0 Å². The molecule has 0 amide bonds. The van der Waals surface area contributed by atoms with Crippen molar-refractivity contribution in [1.82, 2.24) is 9.97 Å². The van der Waals surface area contributed by atoms with Crippen molar-refractivity contribution in [2.45, 2.75) is 30.2 Å². The number of nitrogen functional groups attached to an aromatic ring is 1. The Morgan fingerprint density at radius 1 is 1.20 bits per heavy atom. The molecule has 0 radical (unpaired) electrons. The first-order chi connectivity index (χ1) is 9.66. The Kier molecular flexibility index (Phi) is 5.24. The SMILES string of the molecule is CC(C)CCNc1ncnc(Sc2ccccc2)c1N. The van der Waals surface area contributed by atoms with Gasteiger partial charge in [-0.15, -0.1) is 0 Å². The highest BCUT2D eigenvalue weighted by atomic mass is 32.2. The number of benzene rings is 1. The minimum absolute atomic E-state index is 0.616. The maximum absolute atomic E-state index is 6.14. The third-order valence-corrected chi connectivity index (χ3v) is 3.85. The number of hydrogen-bond acceptors (Lipinski definition) is 5. The van der Waals surface area contributed by atoms with E-state index in [0.717, 1.165) is 28.7 Å². The highest BCUT2D eigenvalue weighted by Crippen LogP contribution is 2.32. The van der Waals surface area contributed by atoms with E-state index in [9.17, 15) is 0 Å². The molecule has 4 nitrogen and oxygen atoms in total. The summed E-state index contributed by atoms with van der Waals surface area (Å²) in [5.41, 5.74) is 6.76. The molecule has 20 heavy (non-hydrogen) atoms. The lowest BCUT2D eigenvalue weighted by molar-refractivity contribution is 0.606. The Balaban J connectivity index is 2.07. The average molecular weight is 288 g/mol. The second kappa shape index (κ2) is 7.14. The van der Waals surface area contributed by atoms with Crippen molar-refractivity contribution in [1.29, 1.82) is 0 Å². The van der Waals surface area contributed by atoms with Crippen LogP contribution in [0.4, 0.5) is 11.5 Å². The molecule has 0 saturated carbocycles. The van der Waals surface area contributed by atoms with Crippen LogP contribution in [0.3, 0.4) is 0 Å². The van der Waals surface area contributed by atoms with E-state index in [2.05, 4.69) is 29.1 Å². The molecule has 0 fully saturated rings. The average Bonchev–Trinajstić information content (AvgIpc) is 2.44. The van der Waals surface area contributed by atoms with E-state index in [0.29, 0.717) is 11.6 Å². The molecule has 0 unspecified atom stereocenters. The van der Waals surface area contributed by atoms with Gasteiger partial charge in [-0.1, -0.05) is 43.8 Å². The standard InChI is InChI=1S/C15H20N4S/c1-11(2)8-9-17-14-13(16)15(19-10-18-14)20-12-6-4-3-5-7-12/h3-7,10-11H,8-9,16H2,1-2H3,(H,17,18,19). The van der Waals surface area contributed by atoms with E-state index in [1.54, 1.807) is 18.1 Å². The zero-order valence-electron chi connectivity index (χ0n) is 11.8. The normalized spacial score (nSPS) is 10.8. The second-order valence-corrected chi connectivity index (χ2v) is 6.03. The van der Waals surface area contributed by atoms with Crippen LogP contribution in [0.2, 0.25) is 0 Å². The molecule has 0 spiro atoms. The minimum atomic E-state index is 0.616. The molecule has 5 heteroatoms. The van der Waals surface area contributed by atoms with Crippen molar-refractivity contribution in [3.05, 3.63) is 36.7 Å². The number of nitrogens with two attached hydrogens (primary N) is 1. The smallest absolute Gasteiger partial charge is 0.153 e. The quantitative estimate of drug-likeness (QED) is 0.794. The third-order valence-electron chi connectivity index (χ3n) is 2.82. The molecular weight excluding hydrogens is 268 g/mol. The van der Waals surface area contributed by atoms with Gasteiger partial charge in [0, 0.05) is 11.4 Å². The van der Waals surface area contributed by atoms with Gasteiger partial charge in [-0.3, -0.25) is 0 Å². The summed E-state index contributed by atoms with van der Waals surface area (Å²) in [4.78, 5) is 9.60. The summed E-state index contributed by atoms with van der Waals surface area (Å²) in [6.07, 6.45) is 2.64. The summed E-state index contributed by atoms with van der Waals surface area (Å²) in [6.45, 7) is 5.26. The summed E-state index contributed by atoms with van der Waals surface area (Å²) in [7, 11) is 0. The number of nitrogens with one attached hydrogen (secondary N) is 1. The minimum Gasteiger partial charge on any atom is -0.394 e. The van der Waals surface area contributed by atoms with Gasteiger partial charge in [0.2, 0.25) is 0 Å². The predicted octanol–water partition coefficient (Wildman–Crippen LogP) is 3.67. The fraction of sp³-hybridized carbons (Fsp3) is 0.333. The molecule has 0 aliphatic carbocycles. The van der Waals surface area contributed by atoms with Gasteiger partial charge in [-0.2, -0.15) is 0 Å². The van der Waals surface area contributed by atoms with Gasteiger partial charge in [-0.05, 0) is 24.5 Å². The molecular formula is C15H20N4S. The Morgan fingerprint density at radius 2 is 1.95 bits per heavy atom. The van der Waals surface area contributed by atoms with Crippen LogP contribution in [0.15, 0.2) is 46.6 Å². The summed E-state index contributed by atoms with van der Waals surface area (Å²) in [5.74, 6) is 1.38. The van der Waals surface area contributed by atoms with Crippen LogP contribution in [0, 0.1) is 5.92 Å². The maximum Gasteiger partial charge on any atom is 0.153 e. The highest BCUT2D eigenvalue weighted by Gasteiger charge is 2.09. The molecule has 2 rings (SSSR count). The lowest BCUT2D eigenvalue weighted by Crippen LogP contribution is -2.09. The first kappa shape index (κ1) is 14.7. The molecule has 0 aliphatic heterocycles. The highest BCUT2D eigenvalue weighted by molar-refractivity contribution is 7.99. The van der Waals surface area contributed by atoms with Crippen molar-refractivity contribution >= 4 is 23.3 Å². The zero-order chi connectivity index (χ0) is 14.4. The molecule has 106 valence electrons. The van der Waals surface area contributed by atoms with Crippen LogP contribution in [0.1, 0.15) is 20.3 Å². The van der Waals surface area contributed by atoms with Gasteiger partial charge < -0.3 is 11.1 Å². The van der Waals surface area contributed by atoms with Crippen LogP contribution in [-0.4, -0.2) is 16.5 Å². The number of aromatic nitrogens is 2. The Bertz CT molecular complexity index is 543. The molecule has 1 aromatic carbocycles. The van der Waals surface area contributed by atoms with Crippen molar-refractivity contribution in [2.75, 3.05) is 17.6 Å². The van der Waals surface area contributed by atoms with E-state index < -0.39 is 0 Å². The maximum atomic E-state index is 6.14. The molecule has 0 atom stereocenters. The van der Waals surface area contributed by atoms with Crippen molar-refractivity contribution in [3.8, 4) is 0 Å². The zero-order valence-corrected chi connectivity index (χ0v) is 12.7. The summed E-state index contributed by atoms with van der Waals surface area (Å²) in [5, 5.41) is 4.07. The second-order valence-electron chi connectivity index (χ2n) is 4.97. The number of anilines is 2. The Morgan fingerprint density at radius 3 is 2.65 bits per heavy atom. The van der Waals surface area contributed by atoms with E-state index in [4.69, 9.17) is 5.73 Å². The number of rotatable bonds is 6. The van der Waals surface area contributed by atoms with E-state index >= 15 is 0 Å². The van der Waals surface area contributed by atoms with E-state index in [-0.39, 0.29) is 0 Å². The van der Waals surface area contributed by atoms with Crippen molar-refractivity contribution < 1.29 is 0 Å². The molecule has 0 aliphatic rings. The summed E-state index contributed by atoms with van der Waals surface area (Å²) < 4.78 is 0. The van der Waals surface area contributed by atoms with Crippen LogP contribution in [-0.2, 0) is 0 Å². The Hall–Kier alpha value is -1.75.